The molecule has 2 N–H and O–H groups in total. The van der Waals surface area contributed by atoms with Crippen molar-refractivity contribution in [3.63, 3.8) is 0 Å². The third-order valence-electron chi connectivity index (χ3n) is 3.90. The molecule has 94 valence electrons. The van der Waals surface area contributed by atoms with Gasteiger partial charge in [0.2, 0.25) is 5.78 Å². The van der Waals surface area contributed by atoms with E-state index in [0.717, 1.165) is 18.8 Å². The molecule has 1 aromatic heterocycles. The minimum atomic E-state index is 0.162. The van der Waals surface area contributed by atoms with Crippen LogP contribution in [0.2, 0.25) is 0 Å². The second-order valence-corrected chi connectivity index (χ2v) is 4.96. The fourth-order valence-corrected chi connectivity index (χ4v) is 2.65. The average molecular weight is 235 g/mol. The molecule has 0 spiro atoms. The lowest BCUT2D eigenvalue weighted by Crippen LogP contribution is -2.21. The van der Waals surface area contributed by atoms with Crippen molar-refractivity contribution in [1.82, 2.24) is 0 Å². The number of ketones is 1. The minimum Gasteiger partial charge on any atom is -0.457 e. The molecule has 2 rings (SSSR count). The van der Waals surface area contributed by atoms with Gasteiger partial charge in [-0.3, -0.25) is 4.79 Å². The fourth-order valence-electron chi connectivity index (χ4n) is 2.65. The molecule has 1 fully saturated rings. The first-order valence-corrected chi connectivity index (χ1v) is 6.57. The van der Waals surface area contributed by atoms with Gasteiger partial charge in [-0.15, -0.1) is 0 Å². The summed E-state index contributed by atoms with van der Waals surface area (Å²) in [6, 6.07) is 3.56. The van der Waals surface area contributed by atoms with Crippen LogP contribution in [-0.4, -0.2) is 5.78 Å². The van der Waals surface area contributed by atoms with Crippen LogP contribution in [0.1, 0.15) is 55.3 Å². The monoisotopic (exact) mass is 235 g/mol. The maximum atomic E-state index is 12.2. The Labute approximate surface area is 102 Å². The van der Waals surface area contributed by atoms with Gasteiger partial charge in [-0.2, -0.15) is 0 Å². The summed E-state index contributed by atoms with van der Waals surface area (Å²) < 4.78 is 5.43. The number of furan rings is 1. The smallest absolute Gasteiger partial charge is 0.201 e. The van der Waals surface area contributed by atoms with E-state index in [2.05, 4.69) is 6.92 Å². The Kier molecular flexibility index (Phi) is 4.00. The van der Waals surface area contributed by atoms with E-state index in [1.54, 1.807) is 12.1 Å². The maximum absolute atomic E-state index is 12.2. The third-order valence-corrected chi connectivity index (χ3v) is 3.90. The molecule has 0 bridgehead atoms. The normalized spacial score (nSPS) is 24.8. The Balaban J connectivity index is 1.96. The maximum Gasteiger partial charge on any atom is 0.201 e. The van der Waals surface area contributed by atoms with Crippen molar-refractivity contribution in [3.05, 3.63) is 23.7 Å². The number of carbonyl (C=O) groups is 1. The first-order valence-electron chi connectivity index (χ1n) is 6.57. The molecule has 1 aromatic rings. The van der Waals surface area contributed by atoms with Crippen molar-refractivity contribution in [1.29, 1.82) is 0 Å². The van der Waals surface area contributed by atoms with Crippen LogP contribution < -0.4 is 5.73 Å². The second-order valence-electron chi connectivity index (χ2n) is 4.96. The van der Waals surface area contributed by atoms with E-state index in [4.69, 9.17) is 10.2 Å². The molecule has 0 amide bonds. The first-order chi connectivity index (χ1) is 8.24. The highest BCUT2D eigenvalue weighted by atomic mass is 16.3. The van der Waals surface area contributed by atoms with Crippen LogP contribution in [0.25, 0.3) is 0 Å². The number of carbonyl (C=O) groups excluding carboxylic acids is 1. The Bertz CT molecular complexity index is 375. The molecule has 17 heavy (non-hydrogen) atoms. The van der Waals surface area contributed by atoms with Gasteiger partial charge in [0.05, 0.1) is 6.54 Å². The molecule has 0 unspecified atom stereocenters. The Hall–Kier alpha value is -1.09. The lowest BCUT2D eigenvalue weighted by Gasteiger charge is -2.26. The van der Waals surface area contributed by atoms with Crippen molar-refractivity contribution in [2.75, 3.05) is 0 Å². The van der Waals surface area contributed by atoms with Crippen LogP contribution in [0.15, 0.2) is 16.5 Å². The summed E-state index contributed by atoms with van der Waals surface area (Å²) >= 11 is 0. The van der Waals surface area contributed by atoms with Gasteiger partial charge in [0.1, 0.15) is 5.76 Å². The SMILES string of the molecule is CCC1CCC(C(=O)c2ccc(CN)o2)CC1. The molecule has 0 atom stereocenters. The molecule has 3 heteroatoms. The largest absolute Gasteiger partial charge is 0.457 e. The average Bonchev–Trinajstić information content (AvgIpc) is 2.87. The van der Waals surface area contributed by atoms with Gasteiger partial charge >= 0.3 is 0 Å². The predicted molar refractivity (Wildman–Crippen MR) is 66.7 cm³/mol. The molecule has 3 nitrogen and oxygen atoms in total. The van der Waals surface area contributed by atoms with E-state index >= 15 is 0 Å². The summed E-state index contributed by atoms with van der Waals surface area (Å²) in [6.45, 7) is 2.59. The van der Waals surface area contributed by atoms with E-state index in [-0.39, 0.29) is 11.7 Å². The zero-order valence-corrected chi connectivity index (χ0v) is 10.4. The lowest BCUT2D eigenvalue weighted by molar-refractivity contribution is 0.0840. The molecule has 1 saturated carbocycles. The van der Waals surface area contributed by atoms with Crippen LogP contribution in [0.3, 0.4) is 0 Å². The predicted octanol–water partition coefficient (Wildman–Crippen LogP) is 3.14. The summed E-state index contributed by atoms with van der Waals surface area (Å²) in [4.78, 5) is 12.2. The molecule has 1 aliphatic rings. The van der Waals surface area contributed by atoms with Crippen LogP contribution in [0, 0.1) is 11.8 Å². The van der Waals surface area contributed by atoms with Crippen LogP contribution in [0.4, 0.5) is 0 Å². The minimum absolute atomic E-state index is 0.162. The molecule has 0 aromatic carbocycles. The van der Waals surface area contributed by atoms with E-state index in [0.29, 0.717) is 18.1 Å². The molecule has 0 aliphatic heterocycles. The molecular weight excluding hydrogens is 214 g/mol. The Morgan fingerprint density at radius 2 is 2.06 bits per heavy atom. The van der Waals surface area contributed by atoms with E-state index in [1.807, 2.05) is 0 Å². The zero-order valence-electron chi connectivity index (χ0n) is 10.4. The Morgan fingerprint density at radius 3 is 2.59 bits per heavy atom. The highest BCUT2D eigenvalue weighted by molar-refractivity contribution is 5.95. The summed E-state index contributed by atoms with van der Waals surface area (Å²) in [5.74, 6) is 2.32. The van der Waals surface area contributed by atoms with Gasteiger partial charge in [-0.1, -0.05) is 13.3 Å². The van der Waals surface area contributed by atoms with Crippen LogP contribution in [-0.2, 0) is 6.54 Å². The summed E-state index contributed by atoms with van der Waals surface area (Å²) in [5, 5.41) is 0. The third kappa shape index (κ3) is 2.78. The lowest BCUT2D eigenvalue weighted by atomic mass is 9.78. The van der Waals surface area contributed by atoms with Crippen molar-refractivity contribution in [2.45, 2.75) is 45.6 Å². The molecule has 1 heterocycles. The van der Waals surface area contributed by atoms with Gasteiger partial charge in [0, 0.05) is 5.92 Å². The standard InChI is InChI=1S/C14H21NO2/c1-2-10-3-5-11(6-4-10)14(16)13-8-7-12(9-15)17-13/h7-8,10-11H,2-6,9,15H2,1H3. The zero-order chi connectivity index (χ0) is 12.3. The van der Waals surface area contributed by atoms with Crippen molar-refractivity contribution >= 4 is 5.78 Å². The van der Waals surface area contributed by atoms with Gasteiger partial charge in [0.25, 0.3) is 0 Å². The van der Waals surface area contributed by atoms with Crippen molar-refractivity contribution in [3.8, 4) is 0 Å². The summed E-state index contributed by atoms with van der Waals surface area (Å²) in [7, 11) is 0. The van der Waals surface area contributed by atoms with Crippen LogP contribution >= 0.6 is 0 Å². The quantitative estimate of drug-likeness (QED) is 0.816. The number of Topliss-reactive ketones (excluding diaryl/α,β-unsaturated/α-hetero) is 1. The summed E-state index contributed by atoms with van der Waals surface area (Å²) in [5.41, 5.74) is 5.47. The van der Waals surface area contributed by atoms with E-state index in [1.165, 1.54) is 19.3 Å². The van der Waals surface area contributed by atoms with Crippen LogP contribution in [0.5, 0.6) is 0 Å². The fraction of sp³-hybridized carbons (Fsp3) is 0.643. The van der Waals surface area contributed by atoms with Crippen molar-refractivity contribution in [2.24, 2.45) is 17.6 Å². The van der Waals surface area contributed by atoms with Crippen molar-refractivity contribution < 1.29 is 9.21 Å². The molecule has 0 saturated heterocycles. The highest BCUT2D eigenvalue weighted by Crippen LogP contribution is 2.32. The topological polar surface area (TPSA) is 56.2 Å². The van der Waals surface area contributed by atoms with E-state index < -0.39 is 0 Å². The number of rotatable bonds is 4. The second kappa shape index (κ2) is 5.50. The number of hydrogen-bond donors (Lipinski definition) is 1. The summed E-state index contributed by atoms with van der Waals surface area (Å²) in [6.07, 6.45) is 5.61. The van der Waals surface area contributed by atoms with Gasteiger partial charge in [-0.25, -0.2) is 0 Å². The number of hydrogen-bond acceptors (Lipinski definition) is 3. The molecule has 1 aliphatic carbocycles. The van der Waals surface area contributed by atoms with Gasteiger partial charge in [0.15, 0.2) is 5.76 Å². The molecular formula is C14H21NO2. The first kappa shape index (κ1) is 12.4. The van der Waals surface area contributed by atoms with E-state index in [9.17, 15) is 4.79 Å². The number of nitrogens with two attached hydrogens (primary N) is 1. The van der Waals surface area contributed by atoms with Gasteiger partial charge < -0.3 is 10.2 Å². The Morgan fingerprint density at radius 1 is 1.35 bits per heavy atom. The molecule has 0 radical (unpaired) electrons. The highest BCUT2D eigenvalue weighted by Gasteiger charge is 2.27. The van der Waals surface area contributed by atoms with Gasteiger partial charge in [-0.05, 0) is 43.7 Å².